The smallest absolute Gasteiger partial charge is 0.264 e. The Balaban J connectivity index is 0.803. The molecule has 13 nitrogen and oxygen atoms in total. The normalized spacial score (nSPS) is 17.2. The number of allylic oxidation sites excluding steroid dienone is 1. The highest BCUT2D eigenvalue weighted by atomic mass is 16.5. The summed E-state index contributed by atoms with van der Waals surface area (Å²) in [6.07, 6.45) is 4.86. The molecule has 7 rings (SSSR count). The molecule has 3 heterocycles. The van der Waals surface area contributed by atoms with E-state index >= 15 is 0 Å². The number of piperazine rings is 1. The van der Waals surface area contributed by atoms with Crippen molar-refractivity contribution in [1.82, 2.24) is 20.0 Å². The van der Waals surface area contributed by atoms with E-state index in [1.54, 1.807) is 42.5 Å². The van der Waals surface area contributed by atoms with Crippen LogP contribution < -0.4 is 15.4 Å². The molecule has 0 aliphatic carbocycles. The number of phenolic OH excluding ortho intramolecular Hbond substituents is 2. The molecule has 2 fully saturated rings. The number of carbonyl (C=O) groups is 5. The number of amides is 5. The average molecular weight is 828 g/mol. The largest absolute Gasteiger partial charge is 0.508 e. The number of hydrogen-bond acceptors (Lipinski definition) is 10. The van der Waals surface area contributed by atoms with Crippen LogP contribution in [0.15, 0.2) is 91.0 Å². The van der Waals surface area contributed by atoms with E-state index in [9.17, 15) is 34.2 Å². The molecule has 1 unspecified atom stereocenters. The number of aromatic hydroxyl groups is 2. The minimum absolute atomic E-state index is 0.0716. The van der Waals surface area contributed by atoms with Gasteiger partial charge in [0.2, 0.25) is 17.7 Å². The molecule has 318 valence electrons. The van der Waals surface area contributed by atoms with Gasteiger partial charge in [0.25, 0.3) is 11.8 Å². The van der Waals surface area contributed by atoms with Gasteiger partial charge in [-0.1, -0.05) is 62.2 Å². The van der Waals surface area contributed by atoms with Crippen LogP contribution in [0.3, 0.4) is 0 Å². The molecular weight excluding hydrogens is 775 g/mol. The van der Waals surface area contributed by atoms with E-state index in [-0.39, 0.29) is 41.4 Å². The Morgan fingerprint density at radius 3 is 2.07 bits per heavy atom. The fourth-order valence-corrected chi connectivity index (χ4v) is 8.36. The number of imide groups is 2. The van der Waals surface area contributed by atoms with Crippen molar-refractivity contribution < 1.29 is 38.9 Å². The van der Waals surface area contributed by atoms with E-state index in [2.05, 4.69) is 34.6 Å². The highest BCUT2D eigenvalue weighted by Crippen LogP contribution is 2.36. The Bertz CT molecular complexity index is 2260. The summed E-state index contributed by atoms with van der Waals surface area (Å²) >= 11 is 0. The first-order valence-corrected chi connectivity index (χ1v) is 21.2. The molecule has 4 aromatic rings. The highest BCUT2D eigenvalue weighted by molar-refractivity contribution is 6.25. The lowest BCUT2D eigenvalue weighted by atomic mass is 9.88. The Labute approximate surface area is 356 Å². The summed E-state index contributed by atoms with van der Waals surface area (Å²) in [6.45, 7) is 6.94. The van der Waals surface area contributed by atoms with Crippen LogP contribution >= 0.6 is 0 Å². The molecular formula is C48H53N5O8. The summed E-state index contributed by atoms with van der Waals surface area (Å²) in [4.78, 5) is 68.7. The molecule has 13 heteroatoms. The van der Waals surface area contributed by atoms with Crippen LogP contribution in [-0.4, -0.2) is 106 Å². The van der Waals surface area contributed by atoms with Gasteiger partial charge in [-0.05, 0) is 102 Å². The van der Waals surface area contributed by atoms with Crippen molar-refractivity contribution in [2.45, 2.75) is 64.3 Å². The lowest BCUT2D eigenvalue weighted by molar-refractivity contribution is -0.136. The first-order valence-electron chi connectivity index (χ1n) is 21.2. The minimum atomic E-state index is -1.00. The summed E-state index contributed by atoms with van der Waals surface area (Å²) in [7, 11) is 0. The molecule has 1 atom stereocenters. The monoisotopic (exact) mass is 827 g/mol. The molecule has 0 spiro atoms. The topological polar surface area (TPSA) is 169 Å². The maximum atomic E-state index is 13.3. The van der Waals surface area contributed by atoms with Crippen LogP contribution in [0.2, 0.25) is 0 Å². The van der Waals surface area contributed by atoms with Crippen molar-refractivity contribution in [1.29, 1.82) is 0 Å². The van der Waals surface area contributed by atoms with Gasteiger partial charge in [0.15, 0.2) is 0 Å². The molecule has 4 aromatic carbocycles. The second-order valence-corrected chi connectivity index (χ2v) is 15.7. The fraction of sp³-hybridized carbons (Fsp3) is 0.354. The number of unbranched alkanes of at least 4 members (excludes halogenated alkanes) is 3. The number of benzene rings is 4. The molecule has 4 N–H and O–H groups in total. The predicted octanol–water partition coefficient (Wildman–Crippen LogP) is 6.45. The number of phenols is 2. The number of hydrogen-bond donors (Lipinski definition) is 4. The van der Waals surface area contributed by atoms with Crippen LogP contribution in [-0.2, 0) is 14.4 Å². The molecule has 61 heavy (non-hydrogen) atoms. The number of rotatable bonds is 17. The van der Waals surface area contributed by atoms with E-state index in [0.717, 1.165) is 90.2 Å². The van der Waals surface area contributed by atoms with Crippen molar-refractivity contribution in [3.05, 3.63) is 119 Å². The number of nitrogens with zero attached hydrogens (tertiary/aromatic N) is 3. The predicted molar refractivity (Wildman–Crippen MR) is 232 cm³/mol. The zero-order valence-corrected chi connectivity index (χ0v) is 34.5. The van der Waals surface area contributed by atoms with Gasteiger partial charge < -0.3 is 25.2 Å². The van der Waals surface area contributed by atoms with Gasteiger partial charge in [0.1, 0.15) is 29.9 Å². The Morgan fingerprint density at radius 1 is 0.770 bits per heavy atom. The molecule has 3 aliphatic rings. The van der Waals surface area contributed by atoms with Crippen molar-refractivity contribution in [3.63, 3.8) is 0 Å². The van der Waals surface area contributed by atoms with Gasteiger partial charge in [0.05, 0.1) is 11.1 Å². The number of carbonyl (C=O) groups excluding carboxylic acids is 5. The third-order valence-electron chi connectivity index (χ3n) is 11.7. The zero-order chi connectivity index (χ0) is 42.9. The highest BCUT2D eigenvalue weighted by Gasteiger charge is 2.45. The van der Waals surface area contributed by atoms with Crippen molar-refractivity contribution in [2.24, 2.45) is 0 Å². The van der Waals surface area contributed by atoms with E-state index in [1.807, 2.05) is 41.3 Å². The summed E-state index contributed by atoms with van der Waals surface area (Å²) in [5.41, 5.74) is 6.24. The molecule has 5 amide bonds. The van der Waals surface area contributed by atoms with Crippen LogP contribution in [0.25, 0.3) is 11.1 Å². The van der Waals surface area contributed by atoms with E-state index in [0.29, 0.717) is 38.3 Å². The minimum Gasteiger partial charge on any atom is -0.508 e. The average Bonchev–Trinajstić information content (AvgIpc) is 3.52. The number of ether oxygens (including phenoxy) is 1. The lowest BCUT2D eigenvalue weighted by Gasteiger charge is -2.34. The standard InChI is InChI=1S/C48H53N5O8/c1-2-38(32-11-17-35(54)18-12-32)44(33-13-19-36(55)20-14-33)34-15-21-37(22-16-34)61-31-30-51-26-28-52(29-27-51)43(57)10-5-3-4-6-25-49-40-9-7-8-39-45(40)48(60)53(47(39)59)41-23-24-42(56)50-46(41)58/h7-9,11-22,41,49,54-55H,2-6,10,23-31H2,1H3,(H,50,56,58). The number of fused-ring (bicyclic) bond motifs is 1. The van der Waals surface area contributed by atoms with Crippen molar-refractivity contribution in [2.75, 3.05) is 51.2 Å². The van der Waals surface area contributed by atoms with Crippen molar-refractivity contribution >= 4 is 46.4 Å². The maximum Gasteiger partial charge on any atom is 0.264 e. The summed E-state index contributed by atoms with van der Waals surface area (Å²) in [5.74, 6) is -0.726. The van der Waals surface area contributed by atoms with Crippen LogP contribution in [0.5, 0.6) is 17.2 Å². The first kappa shape index (κ1) is 42.6. The lowest BCUT2D eigenvalue weighted by Crippen LogP contribution is -2.54. The third kappa shape index (κ3) is 10.1. The van der Waals surface area contributed by atoms with Gasteiger partial charge in [0, 0.05) is 57.8 Å². The van der Waals surface area contributed by atoms with Gasteiger partial charge >= 0.3 is 0 Å². The molecule has 0 aromatic heterocycles. The SMILES string of the molecule is CCC(=C(c1ccc(O)cc1)c1ccc(OCCN2CCN(C(=O)CCCCCCNc3cccc4c3C(=O)N(C3CCC(=O)NC3=O)C4=O)CC2)cc1)c1ccc(O)cc1. The third-order valence-corrected chi connectivity index (χ3v) is 11.7. The number of piperidine rings is 1. The Hall–Kier alpha value is -6.47. The van der Waals surface area contributed by atoms with E-state index in [4.69, 9.17) is 4.74 Å². The van der Waals surface area contributed by atoms with Crippen LogP contribution in [0.4, 0.5) is 5.69 Å². The van der Waals surface area contributed by atoms with Gasteiger partial charge in [-0.25, -0.2) is 0 Å². The Kier molecular flexibility index (Phi) is 13.8. The molecule has 0 radical (unpaired) electrons. The first-order chi connectivity index (χ1) is 29.6. The molecule has 3 aliphatic heterocycles. The van der Waals surface area contributed by atoms with Crippen LogP contribution in [0.1, 0.15) is 95.7 Å². The molecule has 0 saturated carbocycles. The fourth-order valence-electron chi connectivity index (χ4n) is 8.36. The van der Waals surface area contributed by atoms with Gasteiger partial charge in [-0.3, -0.25) is 39.1 Å². The van der Waals surface area contributed by atoms with Crippen molar-refractivity contribution in [3.8, 4) is 17.2 Å². The summed E-state index contributed by atoms with van der Waals surface area (Å²) in [6, 6.07) is 26.5. The summed E-state index contributed by atoms with van der Waals surface area (Å²) in [5, 5.41) is 25.3. The second-order valence-electron chi connectivity index (χ2n) is 15.7. The molecule has 2 saturated heterocycles. The Morgan fingerprint density at radius 2 is 1.41 bits per heavy atom. The second kappa shape index (κ2) is 19.7. The number of nitrogens with one attached hydrogen (secondary N) is 2. The van der Waals surface area contributed by atoms with E-state index in [1.165, 1.54) is 0 Å². The quantitative estimate of drug-likeness (QED) is 0.0527. The molecule has 0 bridgehead atoms. The van der Waals surface area contributed by atoms with Gasteiger partial charge in [-0.15, -0.1) is 0 Å². The summed E-state index contributed by atoms with van der Waals surface area (Å²) < 4.78 is 6.15. The van der Waals surface area contributed by atoms with Crippen LogP contribution in [0, 0.1) is 0 Å². The maximum absolute atomic E-state index is 13.3. The van der Waals surface area contributed by atoms with E-state index < -0.39 is 29.7 Å². The van der Waals surface area contributed by atoms with Gasteiger partial charge in [-0.2, -0.15) is 0 Å². The number of anilines is 1. The zero-order valence-electron chi connectivity index (χ0n) is 34.5.